The second-order valence-electron chi connectivity index (χ2n) is 2.84. The van der Waals surface area contributed by atoms with E-state index in [-0.39, 0.29) is 10.7 Å². The quantitative estimate of drug-likeness (QED) is 0.758. The molecule has 0 fully saturated rings. The molecule has 0 spiro atoms. The van der Waals surface area contributed by atoms with E-state index in [4.69, 9.17) is 11.6 Å². The Morgan fingerprint density at radius 3 is 3.00 bits per heavy atom. The van der Waals surface area contributed by atoms with Crippen molar-refractivity contribution in [2.75, 3.05) is 0 Å². The van der Waals surface area contributed by atoms with Crippen molar-refractivity contribution in [3.8, 4) is 11.1 Å². The van der Waals surface area contributed by atoms with Crippen molar-refractivity contribution in [2.24, 2.45) is 7.05 Å². The van der Waals surface area contributed by atoms with Gasteiger partial charge in [-0.25, -0.2) is 5.10 Å². The van der Waals surface area contributed by atoms with Crippen molar-refractivity contribution >= 4 is 11.6 Å². The number of hydrogen-bond acceptors (Lipinski definition) is 3. The van der Waals surface area contributed by atoms with Gasteiger partial charge in [0.15, 0.2) is 0 Å². The standard InChI is InChI=1S/C8H7ClN4O/c1-13-4-5(3-10-13)6-2-7(9)11-12-8(6)14/h2-4H,1H3,(H,12,14). The van der Waals surface area contributed by atoms with Crippen LogP contribution >= 0.6 is 11.6 Å². The first-order valence-corrected chi connectivity index (χ1v) is 4.29. The summed E-state index contributed by atoms with van der Waals surface area (Å²) in [6.07, 6.45) is 3.34. The van der Waals surface area contributed by atoms with E-state index in [0.717, 1.165) is 5.56 Å². The summed E-state index contributed by atoms with van der Waals surface area (Å²) in [5.74, 6) is 0. The van der Waals surface area contributed by atoms with Crippen molar-refractivity contribution in [1.29, 1.82) is 0 Å². The number of aryl methyl sites for hydroxylation is 1. The van der Waals surface area contributed by atoms with Gasteiger partial charge >= 0.3 is 0 Å². The molecule has 14 heavy (non-hydrogen) atoms. The molecule has 0 saturated carbocycles. The Kier molecular flexibility index (Phi) is 2.09. The SMILES string of the molecule is Cn1cc(-c2cc(Cl)n[nH]c2=O)cn1. The van der Waals surface area contributed by atoms with Gasteiger partial charge in [0.25, 0.3) is 5.56 Å². The summed E-state index contributed by atoms with van der Waals surface area (Å²) in [6, 6.07) is 1.51. The fourth-order valence-electron chi connectivity index (χ4n) is 1.16. The van der Waals surface area contributed by atoms with Crippen molar-refractivity contribution in [3.05, 3.63) is 34.0 Å². The summed E-state index contributed by atoms with van der Waals surface area (Å²) >= 11 is 5.67. The fourth-order valence-corrected chi connectivity index (χ4v) is 1.31. The highest BCUT2D eigenvalue weighted by molar-refractivity contribution is 6.29. The minimum atomic E-state index is -0.276. The van der Waals surface area contributed by atoms with Crippen LogP contribution in [0.4, 0.5) is 0 Å². The van der Waals surface area contributed by atoms with E-state index in [9.17, 15) is 4.79 Å². The molecule has 0 amide bonds. The van der Waals surface area contributed by atoms with Crippen molar-refractivity contribution in [3.63, 3.8) is 0 Å². The number of aromatic nitrogens is 4. The Hall–Kier alpha value is -1.62. The van der Waals surface area contributed by atoms with Gasteiger partial charge in [0.2, 0.25) is 0 Å². The first kappa shape index (κ1) is 8.96. The summed E-state index contributed by atoms with van der Waals surface area (Å²) in [5, 5.41) is 10.1. The first-order chi connectivity index (χ1) is 6.66. The van der Waals surface area contributed by atoms with Crippen LogP contribution in [0.5, 0.6) is 0 Å². The fraction of sp³-hybridized carbons (Fsp3) is 0.125. The molecule has 0 aliphatic heterocycles. The third-order valence-electron chi connectivity index (χ3n) is 1.79. The molecule has 1 N–H and O–H groups in total. The van der Waals surface area contributed by atoms with E-state index >= 15 is 0 Å². The average molecular weight is 211 g/mol. The number of nitrogens with zero attached hydrogens (tertiary/aromatic N) is 3. The van der Waals surface area contributed by atoms with E-state index < -0.39 is 0 Å². The van der Waals surface area contributed by atoms with Crippen LogP contribution in [-0.2, 0) is 7.05 Å². The number of rotatable bonds is 1. The molecule has 0 aromatic carbocycles. The summed E-state index contributed by atoms with van der Waals surface area (Å²) in [5.41, 5.74) is 0.915. The molecular formula is C8H7ClN4O. The van der Waals surface area contributed by atoms with Crippen molar-refractivity contribution < 1.29 is 0 Å². The van der Waals surface area contributed by atoms with Gasteiger partial charge in [-0.3, -0.25) is 9.48 Å². The number of hydrogen-bond donors (Lipinski definition) is 1. The van der Waals surface area contributed by atoms with Crippen LogP contribution in [-0.4, -0.2) is 20.0 Å². The summed E-state index contributed by atoms with van der Waals surface area (Å²) in [7, 11) is 1.78. The van der Waals surface area contributed by atoms with Crippen LogP contribution in [0, 0.1) is 0 Å². The van der Waals surface area contributed by atoms with E-state index in [1.165, 1.54) is 6.07 Å². The molecular weight excluding hydrogens is 204 g/mol. The van der Waals surface area contributed by atoms with Gasteiger partial charge in [-0.15, -0.1) is 0 Å². The van der Waals surface area contributed by atoms with Crippen LogP contribution < -0.4 is 5.56 Å². The van der Waals surface area contributed by atoms with Crippen LogP contribution in [0.2, 0.25) is 5.15 Å². The predicted molar refractivity (Wildman–Crippen MR) is 52.1 cm³/mol. The Morgan fingerprint density at radius 1 is 1.57 bits per heavy atom. The van der Waals surface area contributed by atoms with E-state index in [0.29, 0.717) is 5.56 Å². The largest absolute Gasteiger partial charge is 0.275 e. The molecule has 0 radical (unpaired) electrons. The number of aromatic amines is 1. The van der Waals surface area contributed by atoms with E-state index in [2.05, 4.69) is 15.3 Å². The maximum absolute atomic E-state index is 11.4. The summed E-state index contributed by atoms with van der Waals surface area (Å²) in [6.45, 7) is 0. The van der Waals surface area contributed by atoms with Crippen molar-refractivity contribution in [2.45, 2.75) is 0 Å². The number of nitrogens with one attached hydrogen (secondary N) is 1. The van der Waals surface area contributed by atoms with Gasteiger partial charge in [-0.2, -0.15) is 10.2 Å². The molecule has 2 rings (SSSR count). The molecule has 72 valence electrons. The van der Waals surface area contributed by atoms with Gasteiger partial charge < -0.3 is 0 Å². The van der Waals surface area contributed by atoms with Gasteiger partial charge in [0, 0.05) is 18.8 Å². The monoisotopic (exact) mass is 210 g/mol. The smallest absolute Gasteiger partial charge is 0.272 e. The van der Waals surface area contributed by atoms with Crippen LogP contribution in [0.25, 0.3) is 11.1 Å². The molecule has 0 unspecified atom stereocenters. The Bertz CT molecular complexity index is 516. The second-order valence-corrected chi connectivity index (χ2v) is 3.22. The minimum Gasteiger partial charge on any atom is -0.275 e. The molecule has 2 aromatic heterocycles. The third-order valence-corrected chi connectivity index (χ3v) is 1.98. The zero-order valence-electron chi connectivity index (χ0n) is 7.36. The zero-order chi connectivity index (χ0) is 10.1. The van der Waals surface area contributed by atoms with Gasteiger partial charge in [-0.1, -0.05) is 11.6 Å². The maximum atomic E-state index is 11.4. The van der Waals surface area contributed by atoms with E-state index in [1.807, 2.05) is 0 Å². The molecule has 0 saturated heterocycles. The van der Waals surface area contributed by atoms with Crippen molar-refractivity contribution in [1.82, 2.24) is 20.0 Å². The normalized spacial score (nSPS) is 10.4. The zero-order valence-corrected chi connectivity index (χ0v) is 8.12. The van der Waals surface area contributed by atoms with Gasteiger partial charge in [0.05, 0.1) is 11.8 Å². The summed E-state index contributed by atoms with van der Waals surface area (Å²) in [4.78, 5) is 11.4. The third kappa shape index (κ3) is 1.54. The first-order valence-electron chi connectivity index (χ1n) is 3.91. The average Bonchev–Trinajstić information content (AvgIpc) is 2.56. The minimum absolute atomic E-state index is 0.253. The molecule has 0 atom stereocenters. The number of halogens is 1. The van der Waals surface area contributed by atoms with Crippen LogP contribution in [0.1, 0.15) is 0 Å². The van der Waals surface area contributed by atoms with Gasteiger partial charge in [0.1, 0.15) is 5.15 Å². The Balaban J connectivity index is 2.61. The highest BCUT2D eigenvalue weighted by Gasteiger charge is 2.06. The Labute approximate surface area is 84.3 Å². The highest BCUT2D eigenvalue weighted by Crippen LogP contribution is 2.15. The van der Waals surface area contributed by atoms with Crippen LogP contribution in [0.3, 0.4) is 0 Å². The molecule has 5 nitrogen and oxygen atoms in total. The lowest BCUT2D eigenvalue weighted by atomic mass is 10.2. The molecule has 2 heterocycles. The molecule has 6 heteroatoms. The van der Waals surface area contributed by atoms with Crippen LogP contribution in [0.15, 0.2) is 23.3 Å². The summed E-state index contributed by atoms with van der Waals surface area (Å²) < 4.78 is 1.61. The molecule has 2 aromatic rings. The molecule has 0 aliphatic carbocycles. The lowest BCUT2D eigenvalue weighted by molar-refractivity contribution is 0.768. The topological polar surface area (TPSA) is 63.6 Å². The highest BCUT2D eigenvalue weighted by atomic mass is 35.5. The maximum Gasteiger partial charge on any atom is 0.272 e. The molecule has 0 aliphatic rings. The lowest BCUT2D eigenvalue weighted by Gasteiger charge is -1.94. The number of H-pyrrole nitrogens is 1. The Morgan fingerprint density at radius 2 is 2.36 bits per heavy atom. The second kappa shape index (κ2) is 3.26. The van der Waals surface area contributed by atoms with Gasteiger partial charge in [-0.05, 0) is 6.07 Å². The molecule has 0 bridgehead atoms. The van der Waals surface area contributed by atoms with E-state index in [1.54, 1.807) is 24.1 Å². The lowest BCUT2D eigenvalue weighted by Crippen LogP contribution is -2.09. The predicted octanol–water partition coefficient (Wildman–Crippen LogP) is 0.824.